The highest BCUT2D eigenvalue weighted by atomic mass is 16.1. The van der Waals surface area contributed by atoms with Crippen molar-refractivity contribution < 1.29 is 4.79 Å². The van der Waals surface area contributed by atoms with Gasteiger partial charge in [-0.2, -0.15) is 0 Å². The first-order valence-electron chi connectivity index (χ1n) is 8.31. The molecule has 0 saturated carbocycles. The maximum absolute atomic E-state index is 11.9. The van der Waals surface area contributed by atoms with Crippen LogP contribution in [0.3, 0.4) is 0 Å². The molecule has 0 aromatic heterocycles. The highest BCUT2D eigenvalue weighted by Crippen LogP contribution is 2.14. The van der Waals surface area contributed by atoms with E-state index in [0.717, 1.165) is 25.9 Å². The van der Waals surface area contributed by atoms with Gasteiger partial charge in [0.1, 0.15) is 0 Å². The Hall–Kier alpha value is -0.610. The smallest absolute Gasteiger partial charge is 0.220 e. The summed E-state index contributed by atoms with van der Waals surface area (Å²) < 4.78 is 0. The molecule has 0 aromatic rings. The number of likely N-dealkylation sites (tertiary alicyclic amines) is 1. The summed E-state index contributed by atoms with van der Waals surface area (Å²) in [6.45, 7) is 9.35. The average molecular weight is 283 g/mol. The van der Waals surface area contributed by atoms with Crippen LogP contribution in [0.5, 0.6) is 0 Å². The highest BCUT2D eigenvalue weighted by Gasteiger charge is 2.14. The van der Waals surface area contributed by atoms with E-state index in [0.29, 0.717) is 24.8 Å². The topological polar surface area (TPSA) is 58.4 Å². The Kier molecular flexibility index (Phi) is 8.86. The van der Waals surface area contributed by atoms with Gasteiger partial charge >= 0.3 is 0 Å². The van der Waals surface area contributed by atoms with Crippen LogP contribution < -0.4 is 11.1 Å². The van der Waals surface area contributed by atoms with Crippen molar-refractivity contribution in [1.29, 1.82) is 0 Å². The zero-order valence-electron chi connectivity index (χ0n) is 13.4. The minimum atomic E-state index is 0.166. The second-order valence-corrected chi connectivity index (χ2v) is 6.54. The van der Waals surface area contributed by atoms with Crippen LogP contribution in [0.15, 0.2) is 0 Å². The summed E-state index contributed by atoms with van der Waals surface area (Å²) in [6.07, 6.45) is 6.72. The number of nitrogens with one attached hydrogen (secondary N) is 1. The van der Waals surface area contributed by atoms with E-state index in [1.165, 1.54) is 32.4 Å². The predicted octanol–water partition coefficient (Wildman–Crippen LogP) is 1.99. The summed E-state index contributed by atoms with van der Waals surface area (Å²) in [5.41, 5.74) is 5.74. The Bertz CT molecular complexity index is 262. The summed E-state index contributed by atoms with van der Waals surface area (Å²) in [5.74, 6) is 1.10. The molecule has 4 heteroatoms. The molecule has 0 aliphatic carbocycles. The van der Waals surface area contributed by atoms with E-state index in [1.807, 2.05) is 0 Å². The summed E-state index contributed by atoms with van der Waals surface area (Å²) in [6, 6.07) is 0. The lowest BCUT2D eigenvalue weighted by molar-refractivity contribution is -0.122. The Morgan fingerprint density at radius 3 is 2.55 bits per heavy atom. The molecule has 0 radical (unpaired) electrons. The van der Waals surface area contributed by atoms with Crippen molar-refractivity contribution >= 4 is 5.91 Å². The molecular weight excluding hydrogens is 250 g/mol. The summed E-state index contributed by atoms with van der Waals surface area (Å²) in [4.78, 5) is 14.4. The molecule has 0 unspecified atom stereocenters. The van der Waals surface area contributed by atoms with Gasteiger partial charge in [0, 0.05) is 13.0 Å². The average Bonchev–Trinajstić information content (AvgIpc) is 2.43. The highest BCUT2D eigenvalue weighted by molar-refractivity contribution is 5.76. The van der Waals surface area contributed by atoms with Gasteiger partial charge in [0.15, 0.2) is 0 Å². The molecule has 118 valence electrons. The van der Waals surface area contributed by atoms with Gasteiger partial charge in [-0.1, -0.05) is 20.3 Å². The third kappa shape index (κ3) is 7.85. The minimum Gasteiger partial charge on any atom is -0.356 e. The van der Waals surface area contributed by atoms with E-state index in [4.69, 9.17) is 5.73 Å². The quantitative estimate of drug-likeness (QED) is 0.636. The Morgan fingerprint density at radius 1 is 1.25 bits per heavy atom. The van der Waals surface area contributed by atoms with Crippen molar-refractivity contribution in [2.45, 2.75) is 52.4 Å². The minimum absolute atomic E-state index is 0.166. The molecular formula is C16H33N3O. The van der Waals surface area contributed by atoms with Gasteiger partial charge in [-0.25, -0.2) is 0 Å². The number of carbonyl (C=O) groups is 1. The summed E-state index contributed by atoms with van der Waals surface area (Å²) in [5, 5.41) is 3.04. The molecule has 1 saturated heterocycles. The molecule has 1 amide bonds. The third-order valence-corrected chi connectivity index (χ3v) is 4.03. The molecule has 0 spiro atoms. The number of rotatable bonds is 9. The standard InChI is InChI=1S/C16H33N3O/c1-14(2)11-15(13-17)12-16(20)18-7-6-10-19-8-4-3-5-9-19/h14-15H,3-13,17H2,1-2H3,(H,18,20)/t15-/m0/s1. The van der Waals surface area contributed by atoms with E-state index < -0.39 is 0 Å². The molecule has 3 N–H and O–H groups in total. The molecule has 4 nitrogen and oxygen atoms in total. The van der Waals surface area contributed by atoms with Gasteiger partial charge in [-0.05, 0) is 63.7 Å². The number of nitrogens with two attached hydrogens (primary N) is 1. The van der Waals surface area contributed by atoms with Gasteiger partial charge in [0.2, 0.25) is 5.91 Å². The number of piperidine rings is 1. The lowest BCUT2D eigenvalue weighted by Gasteiger charge is -2.26. The first-order chi connectivity index (χ1) is 9.61. The van der Waals surface area contributed by atoms with Crippen LogP contribution in [0.1, 0.15) is 52.4 Å². The van der Waals surface area contributed by atoms with Crippen LogP contribution in [-0.4, -0.2) is 43.5 Å². The number of amides is 1. The lowest BCUT2D eigenvalue weighted by Crippen LogP contribution is -2.34. The fourth-order valence-electron chi connectivity index (χ4n) is 2.98. The van der Waals surface area contributed by atoms with E-state index >= 15 is 0 Å². The van der Waals surface area contributed by atoms with E-state index in [2.05, 4.69) is 24.1 Å². The maximum Gasteiger partial charge on any atom is 0.220 e. The zero-order valence-corrected chi connectivity index (χ0v) is 13.4. The van der Waals surface area contributed by atoms with E-state index in [9.17, 15) is 4.79 Å². The van der Waals surface area contributed by atoms with Gasteiger partial charge in [0.05, 0.1) is 0 Å². The number of hydrogen-bond donors (Lipinski definition) is 2. The molecule has 1 heterocycles. The summed E-state index contributed by atoms with van der Waals surface area (Å²) in [7, 11) is 0. The van der Waals surface area contributed by atoms with Crippen molar-refractivity contribution in [3.8, 4) is 0 Å². The van der Waals surface area contributed by atoms with Gasteiger partial charge in [0.25, 0.3) is 0 Å². The number of hydrogen-bond acceptors (Lipinski definition) is 3. The second-order valence-electron chi connectivity index (χ2n) is 6.54. The molecule has 1 atom stereocenters. The van der Waals surface area contributed by atoms with Crippen LogP contribution in [0, 0.1) is 11.8 Å². The lowest BCUT2D eigenvalue weighted by atomic mass is 9.94. The van der Waals surface area contributed by atoms with Crippen molar-refractivity contribution in [3.63, 3.8) is 0 Å². The molecule has 0 aromatic carbocycles. The number of carbonyl (C=O) groups excluding carboxylic acids is 1. The molecule has 1 fully saturated rings. The van der Waals surface area contributed by atoms with Crippen molar-refractivity contribution in [2.24, 2.45) is 17.6 Å². The van der Waals surface area contributed by atoms with E-state index in [-0.39, 0.29) is 5.91 Å². The Balaban J connectivity index is 2.06. The second kappa shape index (κ2) is 10.2. The Morgan fingerprint density at radius 2 is 1.95 bits per heavy atom. The summed E-state index contributed by atoms with van der Waals surface area (Å²) >= 11 is 0. The van der Waals surface area contributed by atoms with Gasteiger partial charge < -0.3 is 16.0 Å². The molecule has 1 aliphatic heterocycles. The predicted molar refractivity (Wildman–Crippen MR) is 84.5 cm³/mol. The van der Waals surface area contributed by atoms with Crippen molar-refractivity contribution in [3.05, 3.63) is 0 Å². The van der Waals surface area contributed by atoms with Crippen LogP contribution in [0.25, 0.3) is 0 Å². The molecule has 20 heavy (non-hydrogen) atoms. The normalized spacial score (nSPS) is 18.2. The van der Waals surface area contributed by atoms with E-state index in [1.54, 1.807) is 0 Å². The van der Waals surface area contributed by atoms with Gasteiger partial charge in [-0.15, -0.1) is 0 Å². The van der Waals surface area contributed by atoms with Crippen LogP contribution in [0.2, 0.25) is 0 Å². The fraction of sp³-hybridized carbons (Fsp3) is 0.938. The van der Waals surface area contributed by atoms with Crippen molar-refractivity contribution in [2.75, 3.05) is 32.7 Å². The van der Waals surface area contributed by atoms with Crippen LogP contribution in [-0.2, 0) is 4.79 Å². The monoisotopic (exact) mass is 283 g/mol. The number of nitrogens with zero attached hydrogens (tertiary/aromatic N) is 1. The SMILES string of the molecule is CC(C)C[C@H](CN)CC(=O)NCCCN1CCCCC1. The molecule has 1 aliphatic rings. The maximum atomic E-state index is 11.9. The molecule has 1 rings (SSSR count). The van der Waals surface area contributed by atoms with Crippen molar-refractivity contribution in [1.82, 2.24) is 10.2 Å². The molecule has 0 bridgehead atoms. The first kappa shape index (κ1) is 17.4. The van der Waals surface area contributed by atoms with Crippen LogP contribution in [0.4, 0.5) is 0 Å². The first-order valence-corrected chi connectivity index (χ1v) is 8.31. The van der Waals surface area contributed by atoms with Gasteiger partial charge in [-0.3, -0.25) is 4.79 Å². The fourth-order valence-corrected chi connectivity index (χ4v) is 2.98. The third-order valence-electron chi connectivity index (χ3n) is 4.03. The largest absolute Gasteiger partial charge is 0.356 e. The van der Waals surface area contributed by atoms with Crippen LogP contribution >= 0.6 is 0 Å². The zero-order chi connectivity index (χ0) is 14.8. The Labute approximate surface area is 124 Å².